The van der Waals surface area contributed by atoms with Gasteiger partial charge in [-0.15, -0.1) is 11.3 Å². The summed E-state index contributed by atoms with van der Waals surface area (Å²) in [5.74, 6) is -0.306. The average Bonchev–Trinajstić information content (AvgIpc) is 3.47. The number of carbonyl (C=O) groups excluding carboxylic acids is 1. The summed E-state index contributed by atoms with van der Waals surface area (Å²) in [6.45, 7) is 4.42. The first-order valence-corrected chi connectivity index (χ1v) is 15.3. The van der Waals surface area contributed by atoms with Crippen molar-refractivity contribution in [3.63, 3.8) is 0 Å². The van der Waals surface area contributed by atoms with Gasteiger partial charge in [0.1, 0.15) is 16.1 Å². The maximum absolute atomic E-state index is 13.6. The summed E-state index contributed by atoms with van der Waals surface area (Å²) in [6, 6.07) is 12.1. The number of thiophene rings is 1. The van der Waals surface area contributed by atoms with Gasteiger partial charge in [0.2, 0.25) is 0 Å². The summed E-state index contributed by atoms with van der Waals surface area (Å²) in [5.41, 5.74) is 0.333. The van der Waals surface area contributed by atoms with Crippen molar-refractivity contribution < 1.29 is 36.2 Å². The van der Waals surface area contributed by atoms with Crippen LogP contribution in [0.15, 0.2) is 64.2 Å². The number of rotatable bonds is 9. The van der Waals surface area contributed by atoms with E-state index in [-0.39, 0.29) is 40.3 Å². The molecule has 1 amide bonds. The number of amides is 1. The number of halogens is 3. The standard InChI is InChI=1S/C28H32F3N3O5S2/c1-18-14-34(19(2)17-35)27(36)23-13-22(32-41(37,38)26-5-4-12-40-26)10-11-24(23)39-25(18)16-33(3)15-20-6-8-21(9-7-20)28(29,30)31/h4-13,18-19,25,32,35H,14-17H2,1-3H3/t18-,19+,25-/m1/s1. The molecule has 3 atom stereocenters. The highest BCUT2D eigenvalue weighted by molar-refractivity contribution is 7.94. The number of aliphatic hydroxyl groups is 1. The van der Waals surface area contributed by atoms with Gasteiger partial charge in [-0.1, -0.05) is 25.1 Å². The van der Waals surface area contributed by atoms with Gasteiger partial charge in [0.05, 0.1) is 23.8 Å². The van der Waals surface area contributed by atoms with E-state index in [0.717, 1.165) is 23.5 Å². The van der Waals surface area contributed by atoms with Crippen molar-refractivity contribution in [2.75, 3.05) is 31.5 Å². The second-order valence-electron chi connectivity index (χ2n) is 10.3. The third-order valence-corrected chi connectivity index (χ3v) is 9.68. The minimum absolute atomic E-state index is 0.132. The number of hydrogen-bond donors (Lipinski definition) is 2. The average molecular weight is 612 g/mol. The molecular formula is C28H32F3N3O5S2. The third kappa shape index (κ3) is 7.39. The molecule has 0 saturated heterocycles. The third-order valence-electron chi connectivity index (χ3n) is 6.90. The number of aliphatic hydroxyl groups excluding tert-OH is 1. The SMILES string of the molecule is C[C@@H]1CN([C@@H](C)CO)C(=O)c2cc(NS(=O)(=O)c3cccs3)ccc2O[C@@H]1CN(C)Cc1ccc(C(F)(F)F)cc1. The van der Waals surface area contributed by atoms with E-state index in [1.807, 2.05) is 18.9 Å². The Morgan fingerprint density at radius 1 is 1.20 bits per heavy atom. The predicted molar refractivity (Wildman–Crippen MR) is 151 cm³/mol. The molecule has 0 aliphatic carbocycles. The monoisotopic (exact) mass is 611 g/mol. The number of carbonyl (C=O) groups is 1. The Bertz CT molecular complexity index is 1450. The van der Waals surface area contributed by atoms with Gasteiger partial charge in [-0.3, -0.25) is 14.4 Å². The van der Waals surface area contributed by atoms with Crippen LogP contribution in [-0.4, -0.2) is 68.1 Å². The fraction of sp³-hybridized carbons (Fsp3) is 0.393. The predicted octanol–water partition coefficient (Wildman–Crippen LogP) is 4.92. The minimum atomic E-state index is -4.40. The van der Waals surface area contributed by atoms with E-state index in [4.69, 9.17) is 4.74 Å². The molecule has 0 radical (unpaired) electrons. The second kappa shape index (κ2) is 12.4. The van der Waals surface area contributed by atoms with E-state index >= 15 is 0 Å². The number of nitrogens with one attached hydrogen (secondary N) is 1. The summed E-state index contributed by atoms with van der Waals surface area (Å²) in [7, 11) is -2.02. The van der Waals surface area contributed by atoms with E-state index in [2.05, 4.69) is 4.72 Å². The summed E-state index contributed by atoms with van der Waals surface area (Å²) in [5, 5.41) is 11.5. The Hall–Kier alpha value is -3.13. The van der Waals surface area contributed by atoms with Gasteiger partial charge < -0.3 is 14.7 Å². The zero-order valence-corrected chi connectivity index (χ0v) is 24.4. The summed E-state index contributed by atoms with van der Waals surface area (Å²) in [6.07, 6.45) is -4.83. The van der Waals surface area contributed by atoms with Crippen LogP contribution in [0.25, 0.3) is 0 Å². The van der Waals surface area contributed by atoms with Crippen LogP contribution in [0.5, 0.6) is 5.75 Å². The summed E-state index contributed by atoms with van der Waals surface area (Å²) < 4.78 is 73.3. The van der Waals surface area contributed by atoms with Crippen LogP contribution in [0.2, 0.25) is 0 Å². The first-order chi connectivity index (χ1) is 19.3. The van der Waals surface area contributed by atoms with Crippen molar-refractivity contribution in [2.24, 2.45) is 5.92 Å². The zero-order chi connectivity index (χ0) is 29.9. The van der Waals surface area contributed by atoms with Gasteiger partial charge in [0, 0.05) is 31.2 Å². The molecule has 0 saturated carbocycles. The van der Waals surface area contributed by atoms with Crippen LogP contribution in [-0.2, 0) is 22.7 Å². The molecule has 1 aromatic heterocycles. The molecule has 0 bridgehead atoms. The van der Waals surface area contributed by atoms with E-state index in [1.54, 1.807) is 29.3 Å². The van der Waals surface area contributed by atoms with Gasteiger partial charge >= 0.3 is 6.18 Å². The molecule has 2 N–H and O–H groups in total. The fourth-order valence-electron chi connectivity index (χ4n) is 4.61. The highest BCUT2D eigenvalue weighted by atomic mass is 32.2. The number of hydrogen-bond acceptors (Lipinski definition) is 7. The number of alkyl halides is 3. The Morgan fingerprint density at radius 3 is 2.51 bits per heavy atom. The van der Waals surface area contributed by atoms with Crippen LogP contribution in [0.4, 0.5) is 18.9 Å². The van der Waals surface area contributed by atoms with Crippen LogP contribution >= 0.6 is 11.3 Å². The lowest BCUT2D eigenvalue weighted by Gasteiger charge is -2.38. The van der Waals surface area contributed by atoms with Gasteiger partial charge in [-0.25, -0.2) is 8.42 Å². The van der Waals surface area contributed by atoms with Crippen molar-refractivity contribution in [3.8, 4) is 5.75 Å². The molecule has 41 heavy (non-hydrogen) atoms. The molecule has 3 aromatic rings. The maximum atomic E-state index is 13.6. The molecule has 4 rings (SSSR count). The highest BCUT2D eigenvalue weighted by Crippen LogP contribution is 2.32. The lowest BCUT2D eigenvalue weighted by molar-refractivity contribution is -0.137. The Morgan fingerprint density at radius 2 is 1.90 bits per heavy atom. The number of ether oxygens (including phenoxy) is 1. The molecular weight excluding hydrogens is 579 g/mol. The van der Waals surface area contributed by atoms with Gasteiger partial charge in [0.25, 0.3) is 15.9 Å². The topological polar surface area (TPSA) is 99.2 Å². The number of nitrogens with zero attached hydrogens (tertiary/aromatic N) is 2. The van der Waals surface area contributed by atoms with Crippen molar-refractivity contribution in [2.45, 2.75) is 42.9 Å². The van der Waals surface area contributed by atoms with Crippen LogP contribution in [0.1, 0.15) is 35.3 Å². The largest absolute Gasteiger partial charge is 0.488 e. The smallest absolute Gasteiger partial charge is 0.416 e. The number of anilines is 1. The number of fused-ring (bicyclic) bond motifs is 1. The Labute approximate surface area is 241 Å². The first kappa shape index (κ1) is 30.8. The maximum Gasteiger partial charge on any atom is 0.416 e. The first-order valence-electron chi connectivity index (χ1n) is 12.9. The second-order valence-corrected chi connectivity index (χ2v) is 13.1. The molecule has 1 aliphatic heterocycles. The fourth-order valence-corrected chi connectivity index (χ4v) is 6.65. The molecule has 0 spiro atoms. The molecule has 1 aliphatic rings. The number of likely N-dealkylation sites (N-methyl/N-ethyl adjacent to an activating group) is 1. The number of benzene rings is 2. The lowest BCUT2D eigenvalue weighted by atomic mass is 9.99. The van der Waals surface area contributed by atoms with Crippen molar-refractivity contribution >= 4 is 33.0 Å². The van der Waals surface area contributed by atoms with E-state index in [0.29, 0.717) is 18.7 Å². The van der Waals surface area contributed by atoms with E-state index in [1.165, 1.54) is 30.3 Å². The van der Waals surface area contributed by atoms with E-state index in [9.17, 15) is 31.5 Å². The molecule has 0 fully saturated rings. The van der Waals surface area contributed by atoms with Crippen molar-refractivity contribution in [1.29, 1.82) is 0 Å². The minimum Gasteiger partial charge on any atom is -0.488 e. The molecule has 13 heteroatoms. The highest BCUT2D eigenvalue weighted by Gasteiger charge is 2.34. The van der Waals surface area contributed by atoms with Crippen LogP contribution < -0.4 is 9.46 Å². The summed E-state index contributed by atoms with van der Waals surface area (Å²) >= 11 is 1.07. The van der Waals surface area contributed by atoms with Crippen LogP contribution in [0, 0.1) is 5.92 Å². The summed E-state index contributed by atoms with van der Waals surface area (Å²) in [4.78, 5) is 17.1. The van der Waals surface area contributed by atoms with Crippen molar-refractivity contribution in [1.82, 2.24) is 9.80 Å². The lowest BCUT2D eigenvalue weighted by Crippen LogP contribution is -2.49. The Balaban J connectivity index is 1.58. The van der Waals surface area contributed by atoms with Gasteiger partial charge in [-0.05, 0) is 61.3 Å². The van der Waals surface area contributed by atoms with Gasteiger partial charge in [0.15, 0.2) is 0 Å². The molecule has 222 valence electrons. The van der Waals surface area contributed by atoms with E-state index < -0.39 is 39.8 Å². The normalized spacial score (nSPS) is 18.8. The zero-order valence-electron chi connectivity index (χ0n) is 22.8. The number of sulfonamides is 1. The van der Waals surface area contributed by atoms with Crippen molar-refractivity contribution in [3.05, 3.63) is 76.7 Å². The van der Waals surface area contributed by atoms with Crippen LogP contribution in [0.3, 0.4) is 0 Å². The molecule has 2 heterocycles. The molecule has 0 unspecified atom stereocenters. The molecule has 8 nitrogen and oxygen atoms in total. The molecule has 2 aromatic carbocycles. The Kier molecular flexibility index (Phi) is 9.32. The quantitative estimate of drug-likeness (QED) is 0.357. The van der Waals surface area contributed by atoms with Gasteiger partial charge in [-0.2, -0.15) is 13.2 Å².